The fraction of sp³-hybridized carbons (Fsp3) is 0.296. The van der Waals surface area contributed by atoms with Gasteiger partial charge in [-0.3, -0.25) is 9.59 Å². The zero-order valence-electron chi connectivity index (χ0n) is 19.9. The Balaban J connectivity index is 1.52. The molecule has 2 N–H and O–H groups in total. The summed E-state index contributed by atoms with van der Waals surface area (Å²) >= 11 is 6.13. The summed E-state index contributed by atoms with van der Waals surface area (Å²) in [6, 6.07) is 14.2. The summed E-state index contributed by atoms with van der Waals surface area (Å²) in [4.78, 5) is 26.6. The molecule has 35 heavy (non-hydrogen) atoms. The first-order chi connectivity index (χ1) is 16.8. The second kappa shape index (κ2) is 8.89. The Morgan fingerprint density at radius 3 is 2.57 bits per heavy atom. The van der Waals surface area contributed by atoms with Crippen LogP contribution in [0.3, 0.4) is 0 Å². The zero-order chi connectivity index (χ0) is 24.7. The topological polar surface area (TPSA) is 85.2 Å². The second-order valence-corrected chi connectivity index (χ2v) is 10.1. The van der Waals surface area contributed by atoms with Gasteiger partial charge in [-0.2, -0.15) is 5.10 Å². The van der Waals surface area contributed by atoms with Crippen LogP contribution in [0.2, 0.25) is 5.02 Å². The summed E-state index contributed by atoms with van der Waals surface area (Å²) < 4.78 is 7.20. The first-order valence-corrected chi connectivity index (χ1v) is 12.0. The summed E-state index contributed by atoms with van der Waals surface area (Å²) in [6.45, 7) is 6.66. The summed E-state index contributed by atoms with van der Waals surface area (Å²) in [5.74, 6) is 1.11. The maximum atomic E-state index is 13.3. The number of rotatable bonds is 5. The molecule has 0 bridgehead atoms. The van der Waals surface area contributed by atoms with Crippen molar-refractivity contribution < 1.29 is 14.3 Å². The molecule has 1 aliphatic heterocycles. The Morgan fingerprint density at radius 2 is 1.89 bits per heavy atom. The molecule has 1 aromatic heterocycles. The van der Waals surface area contributed by atoms with Crippen LogP contribution in [-0.2, 0) is 4.79 Å². The molecule has 1 amide bonds. The van der Waals surface area contributed by atoms with Crippen LogP contribution in [0, 0.1) is 5.41 Å². The van der Waals surface area contributed by atoms with E-state index < -0.39 is 6.04 Å². The molecule has 180 valence electrons. The van der Waals surface area contributed by atoms with E-state index >= 15 is 0 Å². The third-order valence-corrected chi connectivity index (χ3v) is 6.61. The minimum Gasteiger partial charge on any atom is -0.494 e. The van der Waals surface area contributed by atoms with Crippen molar-refractivity contribution in [1.82, 2.24) is 9.78 Å². The standard InChI is InChI=1S/C27H27ClN4O3/c1-4-35-19-11-9-18(10-12-19)30-26(34)20-15-29-32-24(16-5-7-17(28)8-6-16)23-21(31-25(20)32)13-27(2,3)14-22(23)33/h5-12,15,24,31H,4,13-14H2,1-3H3,(H,30,34)/t24-/m0/s1. The lowest BCUT2D eigenvalue weighted by Gasteiger charge is -2.39. The van der Waals surface area contributed by atoms with Gasteiger partial charge in [-0.05, 0) is 60.7 Å². The first kappa shape index (κ1) is 23.2. The van der Waals surface area contributed by atoms with E-state index in [0.717, 1.165) is 17.0 Å². The highest BCUT2D eigenvalue weighted by molar-refractivity contribution is 6.30. The average molecular weight is 491 g/mol. The SMILES string of the molecule is CCOc1ccc(NC(=O)c2cnn3c2NC2=C(C(=O)CC(C)(C)C2)[C@@H]3c2ccc(Cl)cc2)cc1. The molecular formula is C27H27ClN4O3. The molecule has 8 heteroatoms. The Bertz CT molecular complexity index is 1320. The van der Waals surface area contributed by atoms with E-state index in [9.17, 15) is 9.59 Å². The van der Waals surface area contributed by atoms with Crippen molar-refractivity contribution in [1.29, 1.82) is 0 Å². The second-order valence-electron chi connectivity index (χ2n) is 9.68. The Labute approximate surface area is 209 Å². The maximum absolute atomic E-state index is 13.3. The molecule has 5 rings (SSSR count). The number of fused-ring (bicyclic) bond motifs is 1. The summed E-state index contributed by atoms with van der Waals surface area (Å²) in [5.41, 5.74) is 3.30. The minimum atomic E-state index is -0.436. The van der Waals surface area contributed by atoms with Crippen molar-refractivity contribution in [3.8, 4) is 5.75 Å². The fourth-order valence-electron chi connectivity index (χ4n) is 4.83. The fourth-order valence-corrected chi connectivity index (χ4v) is 4.96. The van der Waals surface area contributed by atoms with Crippen LogP contribution in [0.15, 0.2) is 66.0 Å². The first-order valence-electron chi connectivity index (χ1n) is 11.7. The monoisotopic (exact) mass is 490 g/mol. The Hall–Kier alpha value is -3.58. The number of hydrogen-bond acceptors (Lipinski definition) is 5. The predicted molar refractivity (Wildman–Crippen MR) is 136 cm³/mol. The molecular weight excluding hydrogens is 464 g/mol. The number of halogens is 1. The lowest BCUT2D eigenvalue weighted by molar-refractivity contribution is -0.118. The van der Waals surface area contributed by atoms with E-state index in [2.05, 4.69) is 29.6 Å². The normalized spacial score (nSPS) is 18.4. The molecule has 0 saturated carbocycles. The van der Waals surface area contributed by atoms with Gasteiger partial charge < -0.3 is 15.4 Å². The van der Waals surface area contributed by atoms with Crippen molar-refractivity contribution in [2.75, 3.05) is 17.2 Å². The third kappa shape index (κ3) is 4.44. The van der Waals surface area contributed by atoms with Crippen molar-refractivity contribution in [2.24, 2.45) is 5.41 Å². The van der Waals surface area contributed by atoms with Crippen LogP contribution in [0.25, 0.3) is 0 Å². The van der Waals surface area contributed by atoms with E-state index in [-0.39, 0.29) is 17.1 Å². The van der Waals surface area contributed by atoms with Gasteiger partial charge in [-0.25, -0.2) is 4.68 Å². The number of aromatic nitrogens is 2. The van der Waals surface area contributed by atoms with Gasteiger partial charge in [0.25, 0.3) is 5.91 Å². The average Bonchev–Trinajstić information content (AvgIpc) is 3.23. The lowest BCUT2D eigenvalue weighted by atomic mass is 9.73. The molecule has 0 spiro atoms. The van der Waals surface area contributed by atoms with Crippen LogP contribution in [-0.4, -0.2) is 28.1 Å². The number of anilines is 2. The number of ketones is 1. The lowest BCUT2D eigenvalue weighted by Crippen LogP contribution is -2.36. The summed E-state index contributed by atoms with van der Waals surface area (Å²) in [5, 5.41) is 11.5. The number of benzene rings is 2. The summed E-state index contributed by atoms with van der Waals surface area (Å²) in [7, 11) is 0. The van der Waals surface area contributed by atoms with Gasteiger partial charge in [0, 0.05) is 28.4 Å². The molecule has 3 aromatic rings. The molecule has 0 fully saturated rings. The molecule has 1 aliphatic carbocycles. The van der Waals surface area contributed by atoms with Crippen molar-refractivity contribution in [2.45, 2.75) is 39.7 Å². The van der Waals surface area contributed by atoms with Gasteiger partial charge in [0.05, 0.1) is 12.8 Å². The highest BCUT2D eigenvalue weighted by Gasteiger charge is 2.42. The number of nitrogens with zero attached hydrogens (tertiary/aromatic N) is 2. The van der Waals surface area contributed by atoms with E-state index in [1.54, 1.807) is 35.1 Å². The van der Waals surface area contributed by atoms with Gasteiger partial charge in [0.15, 0.2) is 5.78 Å². The highest BCUT2D eigenvalue weighted by atomic mass is 35.5. The number of carbonyl (C=O) groups is 2. The molecule has 2 aliphatic rings. The van der Waals surface area contributed by atoms with Crippen LogP contribution >= 0.6 is 11.6 Å². The van der Waals surface area contributed by atoms with E-state index in [4.69, 9.17) is 16.3 Å². The molecule has 7 nitrogen and oxygen atoms in total. The number of allylic oxidation sites excluding steroid dienone is 2. The number of nitrogens with one attached hydrogen (secondary N) is 2. The number of carbonyl (C=O) groups excluding carboxylic acids is 2. The number of hydrogen-bond donors (Lipinski definition) is 2. The molecule has 0 unspecified atom stereocenters. The van der Waals surface area contributed by atoms with Gasteiger partial charge in [-0.15, -0.1) is 0 Å². The molecule has 0 radical (unpaired) electrons. The molecule has 2 aromatic carbocycles. The maximum Gasteiger partial charge on any atom is 0.261 e. The molecule has 2 heterocycles. The smallest absolute Gasteiger partial charge is 0.261 e. The molecule has 0 saturated heterocycles. The number of ether oxygens (including phenoxy) is 1. The van der Waals surface area contributed by atoms with Crippen LogP contribution in [0.5, 0.6) is 5.75 Å². The quantitative estimate of drug-likeness (QED) is 0.469. The number of Topliss-reactive ketones (excluding diaryl/α,β-unsaturated/α-hetero) is 1. The van der Waals surface area contributed by atoms with Crippen LogP contribution in [0.4, 0.5) is 11.5 Å². The highest BCUT2D eigenvalue weighted by Crippen LogP contribution is 2.46. The van der Waals surface area contributed by atoms with Crippen LogP contribution < -0.4 is 15.4 Å². The predicted octanol–water partition coefficient (Wildman–Crippen LogP) is 5.85. The summed E-state index contributed by atoms with van der Waals surface area (Å²) in [6.07, 6.45) is 2.70. The van der Waals surface area contributed by atoms with Gasteiger partial charge in [0.2, 0.25) is 0 Å². The molecule has 1 atom stereocenters. The third-order valence-electron chi connectivity index (χ3n) is 6.36. The van der Waals surface area contributed by atoms with E-state index in [1.807, 2.05) is 31.2 Å². The Kier molecular flexibility index (Phi) is 5.89. The van der Waals surface area contributed by atoms with Gasteiger partial charge in [-0.1, -0.05) is 37.6 Å². The van der Waals surface area contributed by atoms with Crippen molar-refractivity contribution in [3.05, 3.63) is 82.1 Å². The largest absolute Gasteiger partial charge is 0.494 e. The van der Waals surface area contributed by atoms with Crippen molar-refractivity contribution >= 4 is 34.8 Å². The van der Waals surface area contributed by atoms with E-state index in [1.165, 1.54) is 0 Å². The van der Waals surface area contributed by atoms with E-state index in [0.29, 0.717) is 47.1 Å². The van der Waals surface area contributed by atoms with Gasteiger partial charge >= 0.3 is 0 Å². The Morgan fingerprint density at radius 1 is 1.17 bits per heavy atom. The van der Waals surface area contributed by atoms with Crippen molar-refractivity contribution in [3.63, 3.8) is 0 Å². The minimum absolute atomic E-state index is 0.0882. The zero-order valence-corrected chi connectivity index (χ0v) is 20.6. The van der Waals surface area contributed by atoms with Crippen LogP contribution in [0.1, 0.15) is 55.6 Å². The van der Waals surface area contributed by atoms with Gasteiger partial charge in [0.1, 0.15) is 23.2 Å². The number of amides is 1.